The van der Waals surface area contributed by atoms with Gasteiger partial charge in [0.05, 0.1) is 11.3 Å². The Kier molecular flexibility index (Phi) is 4.24. The van der Waals surface area contributed by atoms with E-state index < -0.39 is 17.6 Å². The highest BCUT2D eigenvalue weighted by Crippen LogP contribution is 2.35. The Hall–Kier alpha value is -2.66. The molecule has 0 radical (unpaired) electrons. The molecule has 2 aromatic carbocycles. The molecule has 0 aliphatic carbocycles. The first-order valence-electron chi connectivity index (χ1n) is 8.46. The van der Waals surface area contributed by atoms with Gasteiger partial charge in [-0.05, 0) is 54.8 Å². The van der Waals surface area contributed by atoms with Crippen LogP contribution in [0.3, 0.4) is 0 Å². The van der Waals surface area contributed by atoms with Gasteiger partial charge < -0.3 is 4.90 Å². The first kappa shape index (κ1) is 16.8. The van der Waals surface area contributed by atoms with Crippen LogP contribution in [0.25, 0.3) is 5.57 Å². The Morgan fingerprint density at radius 2 is 1.38 bits per heavy atom. The molecule has 2 aliphatic rings. The Morgan fingerprint density at radius 1 is 0.808 bits per heavy atom. The average Bonchev–Trinajstić information content (AvgIpc) is 3.25. The predicted molar refractivity (Wildman–Crippen MR) is 99.6 cm³/mol. The quantitative estimate of drug-likeness (QED) is 0.768. The number of anilines is 2. The molecule has 2 amide bonds. The molecule has 2 aliphatic heterocycles. The number of nitrogens with zero attached hydrogens (tertiary/aromatic N) is 2. The number of benzene rings is 2. The number of halogens is 2. The van der Waals surface area contributed by atoms with Crippen LogP contribution in [0.2, 0.25) is 0 Å². The van der Waals surface area contributed by atoms with Crippen molar-refractivity contribution in [3.63, 3.8) is 0 Å². The van der Waals surface area contributed by atoms with Crippen LogP contribution < -0.4 is 9.80 Å². The molecular weight excluding hydrogens is 355 g/mol. The number of amides is 2. The second-order valence-corrected chi connectivity index (χ2v) is 6.73. The van der Waals surface area contributed by atoms with Crippen molar-refractivity contribution in [1.82, 2.24) is 0 Å². The fraction of sp³-hybridized carbons (Fsp3) is 0.200. The SMILES string of the molecule is O=C1C(Cl)=C(c2ccc(F)cc2)C(=O)N1c1ccc(N2CCCC2)cc1. The third-order valence-corrected chi connectivity index (χ3v) is 5.09. The fourth-order valence-corrected chi connectivity index (χ4v) is 3.67. The summed E-state index contributed by atoms with van der Waals surface area (Å²) in [6, 6.07) is 12.7. The molecule has 0 atom stereocenters. The van der Waals surface area contributed by atoms with Crippen LogP contribution in [-0.4, -0.2) is 24.9 Å². The van der Waals surface area contributed by atoms with Gasteiger partial charge in [0.15, 0.2) is 0 Å². The Labute approximate surface area is 155 Å². The van der Waals surface area contributed by atoms with Gasteiger partial charge in [-0.1, -0.05) is 23.7 Å². The van der Waals surface area contributed by atoms with E-state index in [1.807, 2.05) is 12.1 Å². The summed E-state index contributed by atoms with van der Waals surface area (Å²) in [7, 11) is 0. The average molecular weight is 371 g/mol. The minimum absolute atomic E-state index is 0.0975. The lowest BCUT2D eigenvalue weighted by atomic mass is 10.1. The zero-order chi connectivity index (χ0) is 18.3. The molecule has 2 aromatic rings. The van der Waals surface area contributed by atoms with Gasteiger partial charge in [0.1, 0.15) is 10.8 Å². The van der Waals surface area contributed by atoms with Crippen molar-refractivity contribution in [2.45, 2.75) is 12.8 Å². The molecule has 132 valence electrons. The van der Waals surface area contributed by atoms with Gasteiger partial charge in [-0.2, -0.15) is 0 Å². The third kappa shape index (κ3) is 2.78. The van der Waals surface area contributed by atoms with Crippen LogP contribution in [0.4, 0.5) is 15.8 Å². The van der Waals surface area contributed by atoms with Crippen molar-refractivity contribution in [3.05, 3.63) is 64.9 Å². The Morgan fingerprint density at radius 3 is 2.00 bits per heavy atom. The highest BCUT2D eigenvalue weighted by atomic mass is 35.5. The normalized spacial score (nSPS) is 17.6. The molecule has 0 bridgehead atoms. The summed E-state index contributed by atoms with van der Waals surface area (Å²) in [6.45, 7) is 2.03. The van der Waals surface area contributed by atoms with Crippen molar-refractivity contribution in [3.8, 4) is 0 Å². The molecule has 4 rings (SSSR count). The van der Waals surface area contributed by atoms with Gasteiger partial charge in [-0.15, -0.1) is 0 Å². The maximum absolute atomic E-state index is 13.1. The van der Waals surface area contributed by atoms with Crippen molar-refractivity contribution in [2.24, 2.45) is 0 Å². The maximum Gasteiger partial charge on any atom is 0.277 e. The second-order valence-electron chi connectivity index (χ2n) is 6.35. The van der Waals surface area contributed by atoms with E-state index in [2.05, 4.69) is 4.90 Å². The largest absolute Gasteiger partial charge is 0.372 e. The van der Waals surface area contributed by atoms with Crippen LogP contribution in [0, 0.1) is 5.82 Å². The molecule has 0 unspecified atom stereocenters. The second kappa shape index (κ2) is 6.57. The number of rotatable bonds is 3. The summed E-state index contributed by atoms with van der Waals surface area (Å²) in [5.74, 6) is -1.48. The predicted octanol–water partition coefficient (Wildman–Crippen LogP) is 3.95. The maximum atomic E-state index is 13.1. The topological polar surface area (TPSA) is 40.6 Å². The lowest BCUT2D eigenvalue weighted by Gasteiger charge is -2.20. The van der Waals surface area contributed by atoms with Crippen molar-refractivity contribution < 1.29 is 14.0 Å². The molecule has 0 saturated carbocycles. The molecular formula is C20H16ClFN2O2. The number of carbonyl (C=O) groups excluding carboxylic acids is 2. The smallest absolute Gasteiger partial charge is 0.277 e. The number of imide groups is 1. The van der Waals surface area contributed by atoms with Crippen LogP contribution in [0.1, 0.15) is 18.4 Å². The first-order chi connectivity index (χ1) is 12.6. The van der Waals surface area contributed by atoms with Gasteiger partial charge in [-0.3, -0.25) is 9.59 Å². The van der Waals surface area contributed by atoms with Crippen molar-refractivity contribution in [1.29, 1.82) is 0 Å². The van der Waals surface area contributed by atoms with E-state index in [1.165, 1.54) is 37.1 Å². The Balaban J connectivity index is 1.63. The molecule has 0 spiro atoms. The lowest BCUT2D eigenvalue weighted by Crippen LogP contribution is -2.31. The number of hydrogen-bond acceptors (Lipinski definition) is 3. The van der Waals surface area contributed by atoms with E-state index in [0.717, 1.165) is 23.7 Å². The van der Waals surface area contributed by atoms with Gasteiger partial charge in [0.2, 0.25) is 0 Å². The molecule has 2 heterocycles. The summed E-state index contributed by atoms with van der Waals surface area (Å²) in [5, 5.41) is -0.148. The Bertz CT molecular complexity index is 900. The first-order valence-corrected chi connectivity index (χ1v) is 8.83. The minimum atomic E-state index is -0.565. The van der Waals surface area contributed by atoms with Crippen LogP contribution in [0.15, 0.2) is 53.6 Å². The van der Waals surface area contributed by atoms with E-state index in [9.17, 15) is 14.0 Å². The zero-order valence-electron chi connectivity index (χ0n) is 13.9. The monoisotopic (exact) mass is 370 g/mol. The van der Waals surface area contributed by atoms with Crippen LogP contribution >= 0.6 is 11.6 Å². The lowest BCUT2D eigenvalue weighted by molar-refractivity contribution is -0.119. The summed E-state index contributed by atoms with van der Waals surface area (Å²) in [4.78, 5) is 28.7. The van der Waals surface area contributed by atoms with Crippen LogP contribution in [0.5, 0.6) is 0 Å². The van der Waals surface area contributed by atoms with E-state index >= 15 is 0 Å². The van der Waals surface area contributed by atoms with E-state index in [0.29, 0.717) is 11.3 Å². The summed E-state index contributed by atoms with van der Waals surface area (Å²) in [5.41, 5.74) is 2.06. The van der Waals surface area contributed by atoms with E-state index in [-0.39, 0.29) is 10.6 Å². The molecule has 1 saturated heterocycles. The van der Waals surface area contributed by atoms with Crippen molar-refractivity contribution in [2.75, 3.05) is 22.9 Å². The number of carbonyl (C=O) groups is 2. The third-order valence-electron chi connectivity index (χ3n) is 4.74. The zero-order valence-corrected chi connectivity index (χ0v) is 14.7. The molecule has 1 fully saturated rings. The summed E-state index contributed by atoms with van der Waals surface area (Å²) < 4.78 is 13.1. The highest BCUT2D eigenvalue weighted by Gasteiger charge is 2.39. The van der Waals surface area contributed by atoms with Gasteiger partial charge >= 0.3 is 0 Å². The molecule has 0 N–H and O–H groups in total. The fourth-order valence-electron chi connectivity index (χ4n) is 3.39. The number of hydrogen-bond donors (Lipinski definition) is 0. The van der Waals surface area contributed by atoms with Gasteiger partial charge in [-0.25, -0.2) is 9.29 Å². The van der Waals surface area contributed by atoms with Crippen LogP contribution in [-0.2, 0) is 9.59 Å². The van der Waals surface area contributed by atoms with Crippen molar-refractivity contribution >= 4 is 40.4 Å². The highest BCUT2D eigenvalue weighted by molar-refractivity contribution is 6.60. The van der Waals surface area contributed by atoms with Gasteiger partial charge in [0.25, 0.3) is 11.8 Å². The van der Waals surface area contributed by atoms with E-state index in [4.69, 9.17) is 11.6 Å². The standard InChI is InChI=1S/C20H16ClFN2O2/c21-18-17(13-3-5-14(22)6-4-13)19(25)24(20(18)26)16-9-7-15(8-10-16)23-11-1-2-12-23/h3-10H,1-2,11-12H2. The minimum Gasteiger partial charge on any atom is -0.372 e. The molecule has 26 heavy (non-hydrogen) atoms. The summed E-state index contributed by atoms with van der Waals surface area (Å²) >= 11 is 6.14. The molecule has 4 nitrogen and oxygen atoms in total. The molecule has 0 aromatic heterocycles. The van der Waals surface area contributed by atoms with Gasteiger partial charge in [0, 0.05) is 18.8 Å². The summed E-state index contributed by atoms with van der Waals surface area (Å²) in [6.07, 6.45) is 2.34. The van der Waals surface area contributed by atoms with E-state index in [1.54, 1.807) is 12.1 Å². The molecule has 6 heteroatoms.